The van der Waals surface area contributed by atoms with Gasteiger partial charge in [-0.1, -0.05) is 0 Å². The molecule has 4 heteroatoms. The van der Waals surface area contributed by atoms with Crippen LogP contribution in [0.5, 0.6) is 0 Å². The Labute approximate surface area is 22.6 Å². The molecule has 0 fully saturated rings. The minimum atomic E-state index is -0.417. The van der Waals surface area contributed by atoms with Crippen molar-refractivity contribution in [3.05, 3.63) is 0 Å². The molecule has 0 bridgehead atoms. The van der Waals surface area contributed by atoms with Gasteiger partial charge in [0, 0.05) is 0 Å². The fourth-order valence-electron chi connectivity index (χ4n) is 0. The summed E-state index contributed by atoms with van der Waals surface area (Å²) in [5.74, 6) is 0. The Hall–Kier alpha value is -0.275. The van der Waals surface area contributed by atoms with Gasteiger partial charge in [-0.15, -0.1) is 0 Å². The average Bonchev–Trinajstić information content (AvgIpc) is 1.37. The van der Waals surface area contributed by atoms with Gasteiger partial charge in [0.05, 0.1) is 0 Å². The molecule has 0 saturated carbocycles. The molecular weight excluding hydrogens is 62.8 g/mol. The number of hydrogen-bond acceptors (Lipinski definition) is 1. The molecule has 0 aromatic heterocycles. The van der Waals surface area contributed by atoms with Crippen molar-refractivity contribution in [3.63, 3.8) is 0 Å². The predicted molar refractivity (Wildman–Crippen MR) is 10.4 cm³/mol. The van der Waals surface area contributed by atoms with Crippen LogP contribution in [0.2, 0.25) is 0 Å². The first-order chi connectivity index (χ1) is 1.91. The summed E-state index contributed by atoms with van der Waals surface area (Å²) in [7, 11) is -0.417. The standard InChI is InChI=1S/BF2N/c2-1-4-3. The van der Waals surface area contributed by atoms with Crippen LogP contribution in [-0.2, 0) is 0 Å². The molecule has 0 atom stereocenters. The van der Waals surface area contributed by atoms with Crippen LogP contribution >= 0.6 is 0 Å². The van der Waals surface area contributed by atoms with E-state index in [4.69, 9.17) is 0 Å². The summed E-state index contributed by atoms with van der Waals surface area (Å²) in [5, 5.41) is 1.44. The summed E-state index contributed by atoms with van der Waals surface area (Å²) in [5.41, 5.74) is 0. The molecule has 0 rings (SSSR count). The van der Waals surface area contributed by atoms with Crippen LogP contribution in [0.3, 0.4) is 0 Å². The van der Waals surface area contributed by atoms with Crippen LogP contribution in [0.15, 0.2) is 5.12 Å². The van der Waals surface area contributed by atoms with Gasteiger partial charge in [0.25, 0.3) is 0 Å². The maximum atomic E-state index is 10.1. The molecule has 0 amide bonds. The number of hydrogen-bond donors (Lipinski definition) is 0. The predicted octanol–water partition coefficient (Wildman–Crippen LogP) is 0.643. The zero-order valence-electron chi connectivity index (χ0n) is 1.78. The van der Waals surface area contributed by atoms with Crippen molar-refractivity contribution in [1.29, 1.82) is 0 Å². The third kappa shape index (κ3) is 1.72. The quantitative estimate of drug-likeness (QED) is 0.366. The van der Waals surface area contributed by atoms with E-state index < -0.39 is 7.35 Å². The molecule has 22 valence electrons. The number of nitrogens with zero attached hydrogens (tertiary/aromatic N) is 1. The van der Waals surface area contributed by atoms with Crippen molar-refractivity contribution in [2.75, 3.05) is 0 Å². The topological polar surface area (TPSA) is 12.4 Å². The molecule has 0 aromatic rings. The van der Waals surface area contributed by atoms with Crippen molar-refractivity contribution >= 4 is 7.35 Å². The molecule has 0 radical (unpaired) electrons. The van der Waals surface area contributed by atoms with Crippen molar-refractivity contribution in [1.82, 2.24) is 0 Å². The van der Waals surface area contributed by atoms with Crippen molar-refractivity contribution in [2.45, 2.75) is 0 Å². The van der Waals surface area contributed by atoms with E-state index in [0.717, 1.165) is 0 Å². The Morgan fingerprint density at radius 3 is 2.00 bits per heavy atom. The molecule has 0 heterocycles. The van der Waals surface area contributed by atoms with Gasteiger partial charge in [-0.05, 0) is 0 Å². The zero-order chi connectivity index (χ0) is 3.41. The van der Waals surface area contributed by atoms with Crippen LogP contribution < -0.4 is 0 Å². The third-order valence-electron chi connectivity index (χ3n) is 0.0369. The van der Waals surface area contributed by atoms with E-state index in [1.165, 1.54) is 5.12 Å². The Bertz CT molecular complexity index is 21.2. The van der Waals surface area contributed by atoms with E-state index in [0.29, 0.717) is 0 Å². The molecule has 0 saturated heterocycles. The van der Waals surface area contributed by atoms with Gasteiger partial charge in [0.1, 0.15) is 0 Å². The molecule has 0 spiro atoms. The van der Waals surface area contributed by atoms with E-state index in [1.807, 2.05) is 0 Å². The normalized spacial score (nSPS) is 7.50. The Morgan fingerprint density at radius 1 is 1.75 bits per heavy atom. The van der Waals surface area contributed by atoms with Crippen LogP contribution in [0.1, 0.15) is 0 Å². The molecule has 0 unspecified atom stereocenters. The summed E-state index contributed by atoms with van der Waals surface area (Å²) in [6.45, 7) is 0. The molecule has 0 aliphatic rings. The Kier molecular flexibility index (Phi) is 2.54. The van der Waals surface area contributed by atoms with Crippen LogP contribution in [0.25, 0.3) is 0 Å². The molecular formula is BF2N. The van der Waals surface area contributed by atoms with Gasteiger partial charge in [0.15, 0.2) is 0 Å². The Morgan fingerprint density at radius 2 is 2.00 bits per heavy atom. The average molecular weight is 62.8 g/mol. The zero-order valence-corrected chi connectivity index (χ0v) is 1.78. The van der Waals surface area contributed by atoms with Crippen molar-refractivity contribution in [2.24, 2.45) is 5.12 Å². The Balaban J connectivity index is 2.55. The third-order valence-corrected chi connectivity index (χ3v) is 0.0369. The second-order valence-electron chi connectivity index (χ2n) is 0.195. The molecule has 0 aliphatic heterocycles. The van der Waals surface area contributed by atoms with E-state index in [9.17, 15) is 8.80 Å². The van der Waals surface area contributed by atoms with Gasteiger partial charge in [-0.25, -0.2) is 0 Å². The van der Waals surface area contributed by atoms with Crippen molar-refractivity contribution < 1.29 is 8.80 Å². The number of rotatable bonds is 0. The molecule has 0 aromatic carbocycles. The van der Waals surface area contributed by atoms with Crippen molar-refractivity contribution in [3.8, 4) is 0 Å². The monoisotopic (exact) mass is 63.0 g/mol. The first-order valence-electron chi connectivity index (χ1n) is 0.645. The van der Waals surface area contributed by atoms with Crippen LogP contribution in [0.4, 0.5) is 8.80 Å². The second-order valence-corrected chi connectivity index (χ2v) is 0.195. The SMILES string of the molecule is FB=NF. The van der Waals surface area contributed by atoms with Gasteiger partial charge in [-0.3, -0.25) is 0 Å². The fraction of sp³-hybridized carbons (Fsp3) is 0. The number of halogens is 2. The summed E-state index contributed by atoms with van der Waals surface area (Å²) in [4.78, 5) is 0. The first-order valence-corrected chi connectivity index (χ1v) is 0.645. The summed E-state index contributed by atoms with van der Waals surface area (Å²) < 4.78 is 20.0. The van der Waals surface area contributed by atoms with E-state index in [1.54, 1.807) is 0 Å². The minimum absolute atomic E-state index is 0.417. The van der Waals surface area contributed by atoms with Gasteiger partial charge < -0.3 is 0 Å². The summed E-state index contributed by atoms with van der Waals surface area (Å²) in [6, 6.07) is 0. The second kappa shape index (κ2) is 2.72. The molecule has 4 heavy (non-hydrogen) atoms. The van der Waals surface area contributed by atoms with Gasteiger partial charge in [0.2, 0.25) is 0 Å². The van der Waals surface area contributed by atoms with E-state index in [2.05, 4.69) is 0 Å². The van der Waals surface area contributed by atoms with Gasteiger partial charge >= 0.3 is 21.3 Å². The molecule has 0 aliphatic carbocycles. The maximum absolute atomic E-state index is 10.1. The van der Waals surface area contributed by atoms with E-state index in [-0.39, 0.29) is 0 Å². The summed E-state index contributed by atoms with van der Waals surface area (Å²) in [6.07, 6.45) is 0. The fourth-order valence-corrected chi connectivity index (χ4v) is 0. The molecule has 1 nitrogen and oxygen atoms in total. The van der Waals surface area contributed by atoms with Crippen LogP contribution in [0, 0.1) is 0 Å². The van der Waals surface area contributed by atoms with E-state index >= 15 is 0 Å². The van der Waals surface area contributed by atoms with Crippen LogP contribution in [-0.4, -0.2) is 7.35 Å². The van der Waals surface area contributed by atoms with Gasteiger partial charge in [-0.2, -0.15) is 0 Å². The first kappa shape index (κ1) is 3.72. The molecule has 0 N–H and O–H groups in total. The summed E-state index contributed by atoms with van der Waals surface area (Å²) >= 11 is 0.